The highest BCUT2D eigenvalue weighted by molar-refractivity contribution is 7.88. The SMILES string of the molecule is CNC[C@@H](O)COc1ccc(Cl)c(-c2nc(C(C(C)=O)=C(C)N)c(C)c(N3CC4(CCN(S(C)(=O)=O)C4)C3)n2)c1. The normalized spacial score (nSPS) is 18.4. The number of allylic oxidation sites excluding steroid dienone is 2. The van der Waals surface area contributed by atoms with E-state index in [1.165, 1.54) is 17.5 Å². The van der Waals surface area contributed by atoms with Crippen molar-refractivity contribution in [3.8, 4) is 17.1 Å². The van der Waals surface area contributed by atoms with Gasteiger partial charge in [0.15, 0.2) is 11.6 Å². The van der Waals surface area contributed by atoms with Crippen LogP contribution < -0.4 is 20.7 Å². The van der Waals surface area contributed by atoms with Crippen LogP contribution in [0.2, 0.25) is 5.02 Å². The van der Waals surface area contributed by atoms with Crippen LogP contribution in [0, 0.1) is 12.3 Å². The van der Waals surface area contributed by atoms with Gasteiger partial charge in [-0.05, 0) is 52.4 Å². The van der Waals surface area contributed by atoms with Gasteiger partial charge < -0.3 is 25.8 Å². The predicted molar refractivity (Wildman–Crippen MR) is 156 cm³/mol. The van der Waals surface area contributed by atoms with Crippen LogP contribution in [0.5, 0.6) is 5.75 Å². The number of hydrogen-bond acceptors (Lipinski definition) is 10. The highest BCUT2D eigenvalue weighted by Gasteiger charge is 2.50. The van der Waals surface area contributed by atoms with Crippen molar-refractivity contribution in [1.29, 1.82) is 0 Å². The molecule has 1 atom stereocenters. The number of ether oxygens (including phenoxy) is 1. The molecule has 1 aromatic heterocycles. The molecule has 11 nitrogen and oxygen atoms in total. The number of hydrogen-bond donors (Lipinski definition) is 3. The molecule has 1 aromatic carbocycles. The number of sulfonamides is 1. The molecule has 0 bridgehead atoms. The zero-order valence-electron chi connectivity index (χ0n) is 23.5. The van der Waals surface area contributed by atoms with Crippen molar-refractivity contribution in [3.63, 3.8) is 0 Å². The molecule has 4 rings (SSSR count). The summed E-state index contributed by atoms with van der Waals surface area (Å²) in [5.41, 5.74) is 8.26. The second-order valence-electron chi connectivity index (χ2n) is 10.8. The number of anilines is 1. The molecule has 0 unspecified atom stereocenters. The molecule has 2 aromatic rings. The third-order valence-electron chi connectivity index (χ3n) is 7.39. The van der Waals surface area contributed by atoms with Crippen LogP contribution >= 0.6 is 11.6 Å². The Bertz CT molecular complexity index is 1440. The van der Waals surface area contributed by atoms with Crippen LogP contribution in [0.3, 0.4) is 0 Å². The zero-order chi connectivity index (χ0) is 29.4. The molecule has 4 N–H and O–H groups in total. The summed E-state index contributed by atoms with van der Waals surface area (Å²) < 4.78 is 31.5. The first-order chi connectivity index (χ1) is 18.7. The van der Waals surface area contributed by atoms with Gasteiger partial charge in [0.05, 0.1) is 22.5 Å². The average Bonchev–Trinajstić information content (AvgIpc) is 3.30. The fourth-order valence-corrected chi connectivity index (χ4v) is 6.54. The van der Waals surface area contributed by atoms with Crippen LogP contribution in [0.4, 0.5) is 5.82 Å². The van der Waals surface area contributed by atoms with Crippen molar-refractivity contribution in [2.75, 3.05) is 57.5 Å². The second-order valence-corrected chi connectivity index (χ2v) is 13.2. The maximum Gasteiger partial charge on any atom is 0.211 e. The van der Waals surface area contributed by atoms with Gasteiger partial charge in [-0.2, -0.15) is 0 Å². The molecule has 0 amide bonds. The summed E-state index contributed by atoms with van der Waals surface area (Å²) in [6, 6.07) is 5.08. The topological polar surface area (TPSA) is 151 Å². The second kappa shape index (κ2) is 11.6. The molecule has 40 heavy (non-hydrogen) atoms. The van der Waals surface area contributed by atoms with E-state index in [0.717, 1.165) is 6.42 Å². The number of nitrogens with one attached hydrogen (secondary N) is 1. The number of likely N-dealkylation sites (N-methyl/N-ethyl adjacent to an activating group) is 1. The van der Waals surface area contributed by atoms with Gasteiger partial charge in [0.1, 0.15) is 24.3 Å². The Labute approximate surface area is 240 Å². The molecule has 0 saturated carbocycles. The molecule has 2 saturated heterocycles. The number of benzene rings is 1. The maximum atomic E-state index is 12.7. The summed E-state index contributed by atoms with van der Waals surface area (Å²) in [5, 5.41) is 13.3. The third-order valence-corrected chi connectivity index (χ3v) is 8.97. The number of carbonyl (C=O) groups is 1. The first-order valence-corrected chi connectivity index (χ1v) is 15.3. The smallest absolute Gasteiger partial charge is 0.211 e. The van der Waals surface area contributed by atoms with E-state index >= 15 is 0 Å². The molecule has 218 valence electrons. The van der Waals surface area contributed by atoms with Gasteiger partial charge in [0.25, 0.3) is 0 Å². The van der Waals surface area contributed by atoms with E-state index in [4.69, 9.17) is 32.0 Å². The molecule has 2 aliphatic rings. The van der Waals surface area contributed by atoms with Crippen LogP contribution in [-0.2, 0) is 14.8 Å². The molecule has 0 radical (unpaired) electrons. The fourth-order valence-electron chi connectivity index (χ4n) is 5.41. The first kappa shape index (κ1) is 30.2. The number of rotatable bonds is 10. The number of halogens is 1. The van der Waals surface area contributed by atoms with E-state index in [2.05, 4.69) is 10.2 Å². The number of aliphatic hydroxyl groups excluding tert-OH is 1. The lowest BCUT2D eigenvalue weighted by atomic mass is 9.79. The van der Waals surface area contributed by atoms with Crippen LogP contribution in [-0.4, -0.2) is 92.3 Å². The average molecular weight is 593 g/mol. The minimum atomic E-state index is -3.26. The largest absolute Gasteiger partial charge is 0.491 e. The van der Waals surface area contributed by atoms with Crippen molar-refractivity contribution >= 4 is 38.8 Å². The van der Waals surface area contributed by atoms with E-state index in [0.29, 0.717) is 83.2 Å². The molecule has 3 heterocycles. The van der Waals surface area contributed by atoms with E-state index in [1.54, 1.807) is 32.2 Å². The summed E-state index contributed by atoms with van der Waals surface area (Å²) in [6.45, 7) is 7.63. The fraction of sp³-hybridized carbons (Fsp3) is 0.519. The summed E-state index contributed by atoms with van der Waals surface area (Å²) in [4.78, 5) is 24.4. The Morgan fingerprint density at radius 1 is 1.27 bits per heavy atom. The van der Waals surface area contributed by atoms with Gasteiger partial charge in [-0.25, -0.2) is 22.7 Å². The summed E-state index contributed by atoms with van der Waals surface area (Å²) >= 11 is 6.60. The van der Waals surface area contributed by atoms with Crippen LogP contribution in [0.1, 0.15) is 31.5 Å². The van der Waals surface area contributed by atoms with E-state index < -0.39 is 16.1 Å². The van der Waals surface area contributed by atoms with Gasteiger partial charge in [-0.1, -0.05) is 11.6 Å². The first-order valence-electron chi connectivity index (χ1n) is 13.1. The lowest BCUT2D eigenvalue weighted by Crippen LogP contribution is -2.58. The summed E-state index contributed by atoms with van der Waals surface area (Å²) in [6.07, 6.45) is 1.32. The maximum absolute atomic E-state index is 12.7. The summed E-state index contributed by atoms with van der Waals surface area (Å²) in [5.74, 6) is 1.19. The van der Waals surface area contributed by atoms with Gasteiger partial charge in [0, 0.05) is 55.0 Å². The number of Topliss-reactive ketones (excluding diaryl/α,β-unsaturated/α-hetero) is 1. The monoisotopic (exact) mass is 592 g/mol. The standard InChI is InChI=1S/C27H37ClN6O5S/c1-16-24(23(17(2)29)18(3)35)31-25(21-10-20(6-7-22(21)28)39-12-19(36)11-30-4)32-26(16)33-13-27(14-33)8-9-34(15-27)40(5,37)38/h6-7,10,19,30,36H,8-9,11-15,29H2,1-5H3/t19-/m1/s1. The van der Waals surface area contributed by atoms with Crippen molar-refractivity contribution in [2.24, 2.45) is 11.1 Å². The van der Waals surface area contributed by atoms with Crippen LogP contribution in [0.15, 0.2) is 23.9 Å². The molecule has 1 spiro atoms. The van der Waals surface area contributed by atoms with Gasteiger partial charge >= 0.3 is 0 Å². The quantitative estimate of drug-likeness (QED) is 0.348. The Morgan fingerprint density at radius 3 is 2.55 bits per heavy atom. The Balaban J connectivity index is 1.74. The number of ketones is 1. The molecular weight excluding hydrogens is 556 g/mol. The van der Waals surface area contributed by atoms with Gasteiger partial charge in [0.2, 0.25) is 10.0 Å². The van der Waals surface area contributed by atoms with E-state index in [9.17, 15) is 18.3 Å². The van der Waals surface area contributed by atoms with Crippen molar-refractivity contribution in [2.45, 2.75) is 33.3 Å². The molecule has 0 aliphatic carbocycles. The molecule has 13 heteroatoms. The Hall–Kier alpha value is -2.77. The molecule has 2 aliphatic heterocycles. The van der Waals surface area contributed by atoms with Gasteiger partial charge in [-0.3, -0.25) is 4.79 Å². The number of carbonyl (C=O) groups excluding carboxylic acids is 1. The summed E-state index contributed by atoms with van der Waals surface area (Å²) in [7, 11) is -1.51. The van der Waals surface area contributed by atoms with E-state index in [-0.39, 0.29) is 17.8 Å². The Kier molecular flexibility index (Phi) is 8.77. The van der Waals surface area contributed by atoms with Crippen molar-refractivity contribution in [1.82, 2.24) is 19.6 Å². The Morgan fingerprint density at radius 2 is 1.98 bits per heavy atom. The van der Waals surface area contributed by atoms with Crippen molar-refractivity contribution < 1.29 is 23.1 Å². The van der Waals surface area contributed by atoms with Gasteiger partial charge in [-0.15, -0.1) is 0 Å². The highest BCUT2D eigenvalue weighted by atomic mass is 35.5. The minimum absolute atomic E-state index is 0.0805. The molecule has 2 fully saturated rings. The third kappa shape index (κ3) is 6.26. The predicted octanol–water partition coefficient (Wildman–Crippen LogP) is 1.81. The lowest BCUT2D eigenvalue weighted by molar-refractivity contribution is -0.111. The van der Waals surface area contributed by atoms with Crippen LogP contribution in [0.25, 0.3) is 17.0 Å². The highest BCUT2D eigenvalue weighted by Crippen LogP contribution is 2.44. The number of aromatic nitrogens is 2. The molecular formula is C27H37ClN6O5S. The number of nitrogens with two attached hydrogens (primary N) is 1. The number of aliphatic hydroxyl groups is 1. The lowest BCUT2D eigenvalue weighted by Gasteiger charge is -2.49. The van der Waals surface area contributed by atoms with E-state index in [1.807, 2.05) is 6.92 Å². The van der Waals surface area contributed by atoms with Crippen molar-refractivity contribution in [3.05, 3.63) is 40.2 Å². The number of nitrogens with zero attached hydrogens (tertiary/aromatic N) is 4. The minimum Gasteiger partial charge on any atom is -0.491 e. The zero-order valence-corrected chi connectivity index (χ0v) is 25.1.